The predicted molar refractivity (Wildman–Crippen MR) is 76.4 cm³/mol. The highest BCUT2D eigenvalue weighted by molar-refractivity contribution is 4.81. The van der Waals surface area contributed by atoms with E-state index in [9.17, 15) is 0 Å². The summed E-state index contributed by atoms with van der Waals surface area (Å²) >= 11 is 0. The van der Waals surface area contributed by atoms with Gasteiger partial charge in [0.2, 0.25) is 0 Å². The van der Waals surface area contributed by atoms with Crippen LogP contribution in [0.1, 0.15) is 54.4 Å². The highest BCUT2D eigenvalue weighted by Gasteiger charge is 2.25. The Labute approximate surface area is 108 Å². The first-order valence-corrected chi connectivity index (χ1v) is 7.28. The van der Waals surface area contributed by atoms with Crippen LogP contribution in [-0.4, -0.2) is 36.1 Å². The number of rotatable bonds is 4. The standard InChI is InChI=1S/C15H32N2/c1-12-8-7-9-17(11-12)14(3)13(2)10-16-15(4,5)6/h12-14,16H,7-11H2,1-6H3. The van der Waals surface area contributed by atoms with Gasteiger partial charge >= 0.3 is 0 Å². The molecule has 102 valence electrons. The molecule has 1 rings (SSSR count). The maximum absolute atomic E-state index is 3.63. The zero-order chi connectivity index (χ0) is 13.1. The van der Waals surface area contributed by atoms with E-state index in [1.165, 1.54) is 25.9 Å². The van der Waals surface area contributed by atoms with Gasteiger partial charge in [-0.25, -0.2) is 0 Å². The molecule has 1 fully saturated rings. The number of likely N-dealkylation sites (tertiary alicyclic amines) is 1. The van der Waals surface area contributed by atoms with Crippen LogP contribution in [0.2, 0.25) is 0 Å². The summed E-state index contributed by atoms with van der Waals surface area (Å²) in [4.78, 5) is 2.68. The van der Waals surface area contributed by atoms with Crippen molar-refractivity contribution in [2.75, 3.05) is 19.6 Å². The average Bonchev–Trinajstić information content (AvgIpc) is 2.24. The number of nitrogens with one attached hydrogen (secondary N) is 1. The Morgan fingerprint density at radius 2 is 1.94 bits per heavy atom. The van der Waals surface area contributed by atoms with Crippen molar-refractivity contribution in [1.29, 1.82) is 0 Å². The van der Waals surface area contributed by atoms with E-state index in [0.717, 1.165) is 18.4 Å². The third kappa shape index (κ3) is 5.39. The molecule has 1 aliphatic rings. The van der Waals surface area contributed by atoms with Crippen LogP contribution in [-0.2, 0) is 0 Å². The highest BCUT2D eigenvalue weighted by atomic mass is 15.2. The summed E-state index contributed by atoms with van der Waals surface area (Å²) in [5.41, 5.74) is 0.239. The lowest BCUT2D eigenvalue weighted by atomic mass is 9.94. The van der Waals surface area contributed by atoms with Crippen LogP contribution in [0.5, 0.6) is 0 Å². The van der Waals surface area contributed by atoms with Crippen molar-refractivity contribution in [3.05, 3.63) is 0 Å². The average molecular weight is 240 g/mol. The second kappa shape index (κ2) is 6.19. The fourth-order valence-corrected chi connectivity index (χ4v) is 2.59. The third-order valence-corrected chi connectivity index (χ3v) is 4.04. The summed E-state index contributed by atoms with van der Waals surface area (Å²) in [6, 6.07) is 0.701. The van der Waals surface area contributed by atoms with Gasteiger partial charge in [-0.05, 0) is 65.5 Å². The summed E-state index contributed by atoms with van der Waals surface area (Å²) in [5.74, 6) is 1.61. The maximum atomic E-state index is 3.63. The molecule has 1 aliphatic heterocycles. The van der Waals surface area contributed by atoms with Gasteiger partial charge in [0.1, 0.15) is 0 Å². The summed E-state index contributed by atoms with van der Waals surface area (Å²) in [6.45, 7) is 17.6. The van der Waals surface area contributed by atoms with E-state index in [-0.39, 0.29) is 5.54 Å². The molecule has 0 aromatic carbocycles. The lowest BCUT2D eigenvalue weighted by molar-refractivity contribution is 0.104. The van der Waals surface area contributed by atoms with E-state index in [0.29, 0.717) is 6.04 Å². The topological polar surface area (TPSA) is 15.3 Å². The van der Waals surface area contributed by atoms with E-state index in [1.54, 1.807) is 0 Å². The first-order valence-electron chi connectivity index (χ1n) is 7.28. The zero-order valence-corrected chi connectivity index (χ0v) is 12.7. The second-order valence-electron chi connectivity index (χ2n) is 7.09. The van der Waals surface area contributed by atoms with Gasteiger partial charge in [-0.1, -0.05) is 13.8 Å². The minimum atomic E-state index is 0.239. The van der Waals surface area contributed by atoms with E-state index in [4.69, 9.17) is 0 Å². The van der Waals surface area contributed by atoms with Crippen molar-refractivity contribution in [2.24, 2.45) is 11.8 Å². The molecular weight excluding hydrogens is 208 g/mol. The van der Waals surface area contributed by atoms with Gasteiger partial charge in [-0.15, -0.1) is 0 Å². The summed E-state index contributed by atoms with van der Waals surface area (Å²) in [6.07, 6.45) is 2.79. The van der Waals surface area contributed by atoms with E-state index < -0.39 is 0 Å². The monoisotopic (exact) mass is 240 g/mol. The van der Waals surface area contributed by atoms with Gasteiger partial charge in [0.15, 0.2) is 0 Å². The van der Waals surface area contributed by atoms with Gasteiger partial charge in [-0.3, -0.25) is 0 Å². The number of hydrogen-bond donors (Lipinski definition) is 1. The smallest absolute Gasteiger partial charge is 0.0105 e. The molecule has 17 heavy (non-hydrogen) atoms. The molecule has 0 bridgehead atoms. The number of nitrogens with zero attached hydrogens (tertiary/aromatic N) is 1. The Hall–Kier alpha value is -0.0800. The Morgan fingerprint density at radius 3 is 2.47 bits per heavy atom. The van der Waals surface area contributed by atoms with Crippen LogP contribution < -0.4 is 5.32 Å². The molecule has 1 saturated heterocycles. The molecule has 1 heterocycles. The number of hydrogen-bond acceptors (Lipinski definition) is 2. The second-order valence-corrected chi connectivity index (χ2v) is 7.09. The van der Waals surface area contributed by atoms with Gasteiger partial charge in [-0.2, -0.15) is 0 Å². The molecule has 0 amide bonds. The maximum Gasteiger partial charge on any atom is 0.0105 e. The predicted octanol–water partition coefficient (Wildman–Crippen LogP) is 3.13. The van der Waals surface area contributed by atoms with E-state index >= 15 is 0 Å². The summed E-state index contributed by atoms with van der Waals surface area (Å²) in [7, 11) is 0. The zero-order valence-electron chi connectivity index (χ0n) is 12.7. The van der Waals surface area contributed by atoms with Crippen molar-refractivity contribution in [1.82, 2.24) is 10.2 Å². The molecule has 0 radical (unpaired) electrons. The molecule has 0 aromatic rings. The lowest BCUT2D eigenvalue weighted by Gasteiger charge is -2.39. The minimum Gasteiger partial charge on any atom is -0.312 e. The molecule has 3 unspecified atom stereocenters. The van der Waals surface area contributed by atoms with Gasteiger partial charge < -0.3 is 10.2 Å². The van der Waals surface area contributed by atoms with Crippen LogP contribution >= 0.6 is 0 Å². The third-order valence-electron chi connectivity index (χ3n) is 4.04. The normalized spacial score (nSPS) is 26.8. The van der Waals surface area contributed by atoms with Gasteiger partial charge in [0.25, 0.3) is 0 Å². The van der Waals surface area contributed by atoms with Crippen LogP contribution in [0.15, 0.2) is 0 Å². The Kier molecular flexibility index (Phi) is 5.46. The van der Waals surface area contributed by atoms with Gasteiger partial charge in [0, 0.05) is 18.1 Å². The molecule has 2 heteroatoms. The fraction of sp³-hybridized carbons (Fsp3) is 1.00. The molecule has 1 N–H and O–H groups in total. The fourth-order valence-electron chi connectivity index (χ4n) is 2.59. The molecule has 0 aromatic heterocycles. The quantitative estimate of drug-likeness (QED) is 0.812. The molecule has 0 aliphatic carbocycles. The largest absolute Gasteiger partial charge is 0.312 e. The van der Waals surface area contributed by atoms with Crippen LogP contribution in [0, 0.1) is 11.8 Å². The van der Waals surface area contributed by atoms with Crippen molar-refractivity contribution < 1.29 is 0 Å². The minimum absolute atomic E-state index is 0.239. The Balaban J connectivity index is 2.37. The Morgan fingerprint density at radius 1 is 1.29 bits per heavy atom. The summed E-state index contributed by atoms with van der Waals surface area (Å²) in [5, 5.41) is 3.63. The van der Waals surface area contributed by atoms with Crippen LogP contribution in [0.3, 0.4) is 0 Å². The molecule has 0 spiro atoms. The molecule has 0 saturated carbocycles. The van der Waals surface area contributed by atoms with Crippen molar-refractivity contribution in [3.8, 4) is 0 Å². The van der Waals surface area contributed by atoms with Gasteiger partial charge in [0.05, 0.1) is 0 Å². The SMILES string of the molecule is CC1CCCN(C(C)C(C)CNC(C)(C)C)C1. The highest BCUT2D eigenvalue weighted by Crippen LogP contribution is 2.21. The van der Waals surface area contributed by atoms with Crippen molar-refractivity contribution in [3.63, 3.8) is 0 Å². The summed E-state index contributed by atoms with van der Waals surface area (Å²) < 4.78 is 0. The van der Waals surface area contributed by atoms with E-state index in [1.807, 2.05) is 0 Å². The molecular formula is C15H32N2. The Bertz CT molecular complexity index is 219. The first kappa shape index (κ1) is 15.0. The first-order chi connectivity index (χ1) is 7.79. The number of piperidine rings is 1. The van der Waals surface area contributed by atoms with E-state index in [2.05, 4.69) is 51.8 Å². The van der Waals surface area contributed by atoms with Crippen LogP contribution in [0.4, 0.5) is 0 Å². The van der Waals surface area contributed by atoms with Crippen molar-refractivity contribution >= 4 is 0 Å². The lowest BCUT2D eigenvalue weighted by Crippen LogP contribution is -2.48. The van der Waals surface area contributed by atoms with Crippen molar-refractivity contribution in [2.45, 2.75) is 66.0 Å². The van der Waals surface area contributed by atoms with Crippen LogP contribution in [0.25, 0.3) is 0 Å². The molecule has 3 atom stereocenters. The molecule has 2 nitrogen and oxygen atoms in total.